The molecule has 1 aromatic heterocycles. The molecule has 2 rings (SSSR count). The summed E-state index contributed by atoms with van der Waals surface area (Å²) in [6.07, 6.45) is 1.13. The summed E-state index contributed by atoms with van der Waals surface area (Å²) in [5.74, 6) is -0.255. The molecule has 0 radical (unpaired) electrons. The van der Waals surface area contributed by atoms with E-state index in [1.165, 1.54) is 7.11 Å². The molecule has 0 fully saturated rings. The molecule has 4 heteroatoms. The molecule has 4 nitrogen and oxygen atoms in total. The first-order valence-corrected chi connectivity index (χ1v) is 6.37. The van der Waals surface area contributed by atoms with Gasteiger partial charge in [0.15, 0.2) is 6.29 Å². The second kappa shape index (κ2) is 5.74. The van der Waals surface area contributed by atoms with Crippen molar-refractivity contribution in [2.75, 3.05) is 7.11 Å². The van der Waals surface area contributed by atoms with Gasteiger partial charge in [0.25, 0.3) is 0 Å². The number of benzene rings is 1. The fourth-order valence-electron chi connectivity index (χ4n) is 2.31. The van der Waals surface area contributed by atoms with Gasteiger partial charge in [0, 0.05) is 22.6 Å². The van der Waals surface area contributed by atoms with E-state index in [1.807, 2.05) is 48.7 Å². The Bertz CT molecular complexity index is 638. The molecule has 0 aliphatic rings. The maximum atomic E-state index is 11.2. The molecule has 20 heavy (non-hydrogen) atoms. The van der Waals surface area contributed by atoms with Gasteiger partial charge in [0.1, 0.15) is 0 Å². The van der Waals surface area contributed by atoms with Crippen molar-refractivity contribution in [3.05, 3.63) is 52.8 Å². The lowest BCUT2D eigenvalue weighted by molar-refractivity contribution is -0.139. The first-order valence-electron chi connectivity index (χ1n) is 6.37. The van der Waals surface area contributed by atoms with Crippen LogP contribution in [0.3, 0.4) is 0 Å². The fourth-order valence-corrected chi connectivity index (χ4v) is 2.31. The minimum atomic E-state index is -0.255. The smallest absolute Gasteiger partial charge is 0.309 e. The molecule has 0 bridgehead atoms. The van der Waals surface area contributed by atoms with E-state index >= 15 is 0 Å². The molecule has 0 saturated heterocycles. The highest BCUT2D eigenvalue weighted by Crippen LogP contribution is 2.20. The molecule has 2 aromatic rings. The number of hydrogen-bond acceptors (Lipinski definition) is 3. The predicted octanol–water partition coefficient (Wildman–Crippen LogP) is 2.62. The Kier molecular flexibility index (Phi) is 4.03. The van der Waals surface area contributed by atoms with Gasteiger partial charge < -0.3 is 9.30 Å². The monoisotopic (exact) mass is 271 g/mol. The Morgan fingerprint density at radius 2 is 1.90 bits per heavy atom. The number of rotatable bonds is 4. The topological polar surface area (TPSA) is 48.3 Å². The summed E-state index contributed by atoms with van der Waals surface area (Å²) < 4.78 is 6.66. The molecule has 0 aliphatic heterocycles. The van der Waals surface area contributed by atoms with Crippen LogP contribution in [0.4, 0.5) is 0 Å². The van der Waals surface area contributed by atoms with Gasteiger partial charge in [-0.1, -0.05) is 12.1 Å². The Labute approximate surface area is 118 Å². The Morgan fingerprint density at radius 1 is 1.25 bits per heavy atom. The molecule has 0 aliphatic carbocycles. The van der Waals surface area contributed by atoms with Crippen molar-refractivity contribution in [1.29, 1.82) is 0 Å². The summed E-state index contributed by atoms with van der Waals surface area (Å²) in [5, 5.41) is 0. The lowest BCUT2D eigenvalue weighted by Crippen LogP contribution is -2.05. The minimum absolute atomic E-state index is 0.255. The molecule has 104 valence electrons. The number of carbonyl (C=O) groups is 2. The van der Waals surface area contributed by atoms with E-state index in [2.05, 4.69) is 4.74 Å². The standard InChI is InChI=1S/C16H17NO3/c1-11-8-14(10-18)12(2)17(11)15-6-4-13(5-7-15)9-16(19)20-3/h4-8,10H,9H2,1-3H3. The zero-order valence-electron chi connectivity index (χ0n) is 11.8. The molecule has 0 unspecified atom stereocenters. The SMILES string of the molecule is COC(=O)Cc1ccc(-n2c(C)cc(C=O)c2C)cc1. The van der Waals surface area contributed by atoms with Gasteiger partial charge in [-0.05, 0) is 37.6 Å². The molecule has 0 spiro atoms. The third-order valence-electron chi connectivity index (χ3n) is 3.37. The molecule has 0 N–H and O–H groups in total. The van der Waals surface area contributed by atoms with Crippen molar-refractivity contribution in [2.24, 2.45) is 0 Å². The first kappa shape index (κ1) is 14.1. The molecule has 1 heterocycles. The zero-order chi connectivity index (χ0) is 14.7. The summed E-state index contributed by atoms with van der Waals surface area (Å²) in [6.45, 7) is 3.88. The van der Waals surface area contributed by atoms with Gasteiger partial charge in [0.2, 0.25) is 0 Å². The van der Waals surface area contributed by atoms with Crippen LogP contribution in [0.1, 0.15) is 27.3 Å². The van der Waals surface area contributed by atoms with Gasteiger partial charge in [0.05, 0.1) is 13.5 Å². The summed E-state index contributed by atoms with van der Waals surface area (Å²) in [4.78, 5) is 22.2. The van der Waals surface area contributed by atoms with E-state index in [0.717, 1.165) is 28.9 Å². The lowest BCUT2D eigenvalue weighted by Gasteiger charge is -2.10. The first-order chi connectivity index (χ1) is 9.56. The van der Waals surface area contributed by atoms with E-state index in [4.69, 9.17) is 0 Å². The predicted molar refractivity (Wildman–Crippen MR) is 76.4 cm³/mol. The second-order valence-electron chi connectivity index (χ2n) is 4.70. The molecule has 1 aromatic carbocycles. The van der Waals surface area contributed by atoms with Crippen molar-refractivity contribution in [3.8, 4) is 5.69 Å². The van der Waals surface area contributed by atoms with Crippen LogP contribution in [0.25, 0.3) is 5.69 Å². The van der Waals surface area contributed by atoms with E-state index in [0.29, 0.717) is 5.56 Å². The van der Waals surface area contributed by atoms with Gasteiger partial charge in [-0.25, -0.2) is 0 Å². The average molecular weight is 271 g/mol. The number of esters is 1. The van der Waals surface area contributed by atoms with Crippen LogP contribution >= 0.6 is 0 Å². The summed E-state index contributed by atoms with van der Waals surface area (Å²) >= 11 is 0. The number of methoxy groups -OCH3 is 1. The highest BCUT2D eigenvalue weighted by Gasteiger charge is 2.10. The number of nitrogens with zero attached hydrogens (tertiary/aromatic N) is 1. The lowest BCUT2D eigenvalue weighted by atomic mass is 10.1. The van der Waals surface area contributed by atoms with Gasteiger partial charge in [-0.15, -0.1) is 0 Å². The van der Waals surface area contributed by atoms with Crippen LogP contribution in [0.2, 0.25) is 0 Å². The molecular weight excluding hydrogens is 254 g/mol. The number of aryl methyl sites for hydroxylation is 1. The number of carbonyl (C=O) groups excluding carboxylic acids is 2. The second-order valence-corrected chi connectivity index (χ2v) is 4.70. The maximum Gasteiger partial charge on any atom is 0.309 e. The maximum absolute atomic E-state index is 11.2. The minimum Gasteiger partial charge on any atom is -0.469 e. The van der Waals surface area contributed by atoms with E-state index in [9.17, 15) is 9.59 Å². The van der Waals surface area contributed by atoms with Crippen molar-refractivity contribution < 1.29 is 14.3 Å². The number of ether oxygens (including phenoxy) is 1. The number of hydrogen-bond donors (Lipinski definition) is 0. The van der Waals surface area contributed by atoms with E-state index in [1.54, 1.807) is 0 Å². The van der Waals surface area contributed by atoms with Crippen LogP contribution < -0.4 is 0 Å². The zero-order valence-corrected chi connectivity index (χ0v) is 11.8. The molecule has 0 saturated carbocycles. The Morgan fingerprint density at radius 3 is 2.40 bits per heavy atom. The average Bonchev–Trinajstić information content (AvgIpc) is 2.74. The van der Waals surface area contributed by atoms with Crippen LogP contribution in [0, 0.1) is 13.8 Å². The normalized spacial score (nSPS) is 10.3. The third kappa shape index (κ3) is 2.64. The van der Waals surface area contributed by atoms with Crippen LogP contribution in [-0.2, 0) is 16.0 Å². The summed E-state index contributed by atoms with van der Waals surface area (Å²) in [7, 11) is 1.38. The van der Waals surface area contributed by atoms with Crippen LogP contribution in [0.15, 0.2) is 30.3 Å². The highest BCUT2D eigenvalue weighted by atomic mass is 16.5. The molecule has 0 amide bonds. The third-order valence-corrected chi connectivity index (χ3v) is 3.37. The fraction of sp³-hybridized carbons (Fsp3) is 0.250. The molecule has 0 atom stereocenters. The van der Waals surface area contributed by atoms with Gasteiger partial charge in [-0.2, -0.15) is 0 Å². The van der Waals surface area contributed by atoms with Crippen molar-refractivity contribution in [3.63, 3.8) is 0 Å². The Hall–Kier alpha value is -2.36. The van der Waals surface area contributed by atoms with E-state index < -0.39 is 0 Å². The number of aromatic nitrogens is 1. The Balaban J connectivity index is 2.33. The van der Waals surface area contributed by atoms with Gasteiger partial charge >= 0.3 is 5.97 Å². The van der Waals surface area contributed by atoms with Crippen LogP contribution in [0.5, 0.6) is 0 Å². The van der Waals surface area contributed by atoms with Gasteiger partial charge in [-0.3, -0.25) is 9.59 Å². The quantitative estimate of drug-likeness (QED) is 0.634. The van der Waals surface area contributed by atoms with Crippen molar-refractivity contribution >= 4 is 12.3 Å². The van der Waals surface area contributed by atoms with E-state index in [-0.39, 0.29) is 12.4 Å². The number of aldehydes is 1. The summed E-state index contributed by atoms with van der Waals surface area (Å²) in [6, 6.07) is 9.53. The van der Waals surface area contributed by atoms with Crippen molar-refractivity contribution in [2.45, 2.75) is 20.3 Å². The van der Waals surface area contributed by atoms with Crippen LogP contribution in [-0.4, -0.2) is 23.9 Å². The highest BCUT2D eigenvalue weighted by molar-refractivity contribution is 5.77. The van der Waals surface area contributed by atoms with Crippen molar-refractivity contribution in [1.82, 2.24) is 4.57 Å². The molecular formula is C16H17NO3. The summed E-state index contributed by atoms with van der Waals surface area (Å²) in [5.41, 5.74) is 4.49. The largest absolute Gasteiger partial charge is 0.469 e.